The number of fused-ring (bicyclic) bond motifs is 1. The Kier molecular flexibility index (Phi) is 5.57. The Hall–Kier alpha value is -2.60. The smallest absolute Gasteiger partial charge is 0.00640 e. The van der Waals surface area contributed by atoms with Crippen LogP contribution in [0.2, 0.25) is 0 Å². The van der Waals surface area contributed by atoms with Crippen LogP contribution in [0.5, 0.6) is 0 Å². The number of hydrogen-bond donors (Lipinski definition) is 0. The van der Waals surface area contributed by atoms with Crippen molar-refractivity contribution >= 4 is 5.57 Å². The lowest BCUT2D eigenvalue weighted by Crippen LogP contribution is -2.00. The molecule has 0 nitrogen and oxygen atoms in total. The van der Waals surface area contributed by atoms with E-state index in [1.54, 1.807) is 5.56 Å². The number of allylic oxidation sites excluding steroid dienone is 2. The minimum Gasteiger partial charge on any atom is -0.0757 e. The molecule has 2 aliphatic rings. The van der Waals surface area contributed by atoms with Gasteiger partial charge in [0.05, 0.1) is 0 Å². The quantitative estimate of drug-likeness (QED) is 0.400. The lowest BCUT2D eigenvalue weighted by Gasteiger charge is -2.17. The number of hydrogen-bond acceptors (Lipinski definition) is 0. The zero-order valence-corrected chi connectivity index (χ0v) is 19.2. The minimum atomic E-state index is 0.426. The van der Waals surface area contributed by atoms with Crippen LogP contribution >= 0.6 is 0 Å². The summed E-state index contributed by atoms with van der Waals surface area (Å²) in [6.45, 7) is 6.86. The average molecular weight is 407 g/mol. The number of rotatable bonds is 5. The van der Waals surface area contributed by atoms with Crippen LogP contribution in [0.25, 0.3) is 5.57 Å². The summed E-state index contributed by atoms with van der Waals surface area (Å²) in [6.07, 6.45) is 10.1. The summed E-state index contributed by atoms with van der Waals surface area (Å²) in [6, 6.07) is 23.3. The third-order valence-electron chi connectivity index (χ3n) is 7.56. The molecule has 0 heterocycles. The highest BCUT2D eigenvalue weighted by Gasteiger charge is 2.22. The van der Waals surface area contributed by atoms with E-state index in [9.17, 15) is 0 Å². The fraction of sp³-hybridized carbons (Fsp3) is 0.355. The van der Waals surface area contributed by atoms with Gasteiger partial charge < -0.3 is 0 Å². The Bertz CT molecular complexity index is 1120. The zero-order chi connectivity index (χ0) is 21.4. The predicted octanol–water partition coefficient (Wildman–Crippen LogP) is 8.30. The van der Waals surface area contributed by atoms with Crippen molar-refractivity contribution in [1.82, 2.24) is 0 Å². The van der Waals surface area contributed by atoms with Crippen molar-refractivity contribution in [1.29, 1.82) is 0 Å². The van der Waals surface area contributed by atoms with Gasteiger partial charge in [-0.05, 0) is 90.0 Å². The van der Waals surface area contributed by atoms with E-state index in [1.807, 2.05) is 0 Å². The second kappa shape index (κ2) is 8.50. The highest BCUT2D eigenvalue weighted by atomic mass is 14.3. The van der Waals surface area contributed by atoms with Crippen LogP contribution in [0, 0.1) is 13.8 Å². The highest BCUT2D eigenvalue weighted by molar-refractivity contribution is 5.78. The van der Waals surface area contributed by atoms with Crippen LogP contribution in [0.4, 0.5) is 0 Å². The summed E-state index contributed by atoms with van der Waals surface area (Å²) in [5.74, 6) is 1.21. The van der Waals surface area contributed by atoms with Crippen molar-refractivity contribution in [3.63, 3.8) is 0 Å². The van der Waals surface area contributed by atoms with Crippen molar-refractivity contribution in [2.45, 2.75) is 71.1 Å². The van der Waals surface area contributed by atoms with E-state index >= 15 is 0 Å². The molecule has 3 aromatic rings. The van der Waals surface area contributed by atoms with E-state index in [0.29, 0.717) is 5.92 Å². The zero-order valence-electron chi connectivity index (χ0n) is 19.2. The molecule has 0 heteroatoms. The van der Waals surface area contributed by atoms with Crippen LogP contribution in [0.3, 0.4) is 0 Å². The SMILES string of the molecule is Cc1cc(Cc2cccc(C(C)C3=CCc4c(C)cccc43)c2)cc(C2CCCC2)c1. The predicted molar refractivity (Wildman–Crippen MR) is 133 cm³/mol. The maximum absolute atomic E-state index is 2.48. The van der Waals surface area contributed by atoms with Crippen molar-refractivity contribution in [2.24, 2.45) is 0 Å². The molecule has 1 atom stereocenters. The van der Waals surface area contributed by atoms with Crippen LogP contribution in [0.1, 0.15) is 89.0 Å². The van der Waals surface area contributed by atoms with E-state index < -0.39 is 0 Å². The number of benzene rings is 3. The molecule has 0 saturated heterocycles. The van der Waals surface area contributed by atoms with Gasteiger partial charge in [0, 0.05) is 5.92 Å². The van der Waals surface area contributed by atoms with Crippen molar-refractivity contribution < 1.29 is 0 Å². The van der Waals surface area contributed by atoms with Crippen molar-refractivity contribution in [3.8, 4) is 0 Å². The van der Waals surface area contributed by atoms with Gasteiger partial charge in [-0.1, -0.05) is 92.1 Å². The molecule has 5 rings (SSSR count). The fourth-order valence-corrected chi connectivity index (χ4v) is 5.85. The molecule has 1 unspecified atom stereocenters. The number of aryl methyl sites for hydroxylation is 2. The molecule has 158 valence electrons. The normalized spacial score (nSPS) is 16.9. The summed E-state index contributed by atoms with van der Waals surface area (Å²) >= 11 is 0. The van der Waals surface area contributed by atoms with E-state index in [4.69, 9.17) is 0 Å². The second-order valence-electron chi connectivity index (χ2n) is 9.84. The molecular weight excluding hydrogens is 372 g/mol. The first kappa shape index (κ1) is 20.3. The first-order valence-corrected chi connectivity index (χ1v) is 12.1. The maximum atomic E-state index is 2.48. The van der Waals surface area contributed by atoms with Gasteiger partial charge in [-0.25, -0.2) is 0 Å². The molecule has 31 heavy (non-hydrogen) atoms. The molecule has 1 fully saturated rings. The molecule has 0 N–H and O–H groups in total. The molecule has 2 aliphatic carbocycles. The van der Waals surface area contributed by atoms with Gasteiger partial charge in [-0.2, -0.15) is 0 Å². The first-order valence-electron chi connectivity index (χ1n) is 12.1. The van der Waals surface area contributed by atoms with Crippen LogP contribution in [0.15, 0.2) is 66.7 Å². The summed E-state index contributed by atoms with van der Waals surface area (Å²) in [4.78, 5) is 0. The summed E-state index contributed by atoms with van der Waals surface area (Å²) in [7, 11) is 0. The van der Waals surface area contributed by atoms with Crippen molar-refractivity contribution in [3.05, 3.63) is 111 Å². The Balaban J connectivity index is 1.39. The first-order chi connectivity index (χ1) is 15.1. The molecule has 0 aliphatic heterocycles. The lowest BCUT2D eigenvalue weighted by molar-refractivity contribution is 0.721. The topological polar surface area (TPSA) is 0 Å². The Morgan fingerprint density at radius 2 is 1.68 bits per heavy atom. The molecule has 1 saturated carbocycles. The van der Waals surface area contributed by atoms with Crippen LogP contribution < -0.4 is 0 Å². The summed E-state index contributed by atoms with van der Waals surface area (Å²) in [5, 5.41) is 0. The van der Waals surface area contributed by atoms with Crippen LogP contribution in [-0.2, 0) is 12.8 Å². The molecular formula is C31H34. The lowest BCUT2D eigenvalue weighted by atomic mass is 9.87. The third-order valence-corrected chi connectivity index (χ3v) is 7.56. The summed E-state index contributed by atoms with van der Waals surface area (Å²) < 4.78 is 0. The Labute approximate surface area is 188 Å². The van der Waals surface area contributed by atoms with Gasteiger partial charge in [0.25, 0.3) is 0 Å². The van der Waals surface area contributed by atoms with Gasteiger partial charge in [0.2, 0.25) is 0 Å². The molecule has 0 radical (unpaired) electrons. The fourth-order valence-electron chi connectivity index (χ4n) is 5.85. The van der Waals surface area contributed by atoms with Gasteiger partial charge in [0.1, 0.15) is 0 Å². The van der Waals surface area contributed by atoms with E-state index in [1.165, 1.54) is 70.2 Å². The molecule has 0 amide bonds. The third kappa shape index (κ3) is 4.13. The molecule has 0 bridgehead atoms. The van der Waals surface area contributed by atoms with Gasteiger partial charge in [-0.15, -0.1) is 0 Å². The van der Waals surface area contributed by atoms with Gasteiger partial charge in [-0.3, -0.25) is 0 Å². The van der Waals surface area contributed by atoms with E-state index in [2.05, 4.69) is 87.5 Å². The molecule has 0 aromatic heterocycles. The van der Waals surface area contributed by atoms with Gasteiger partial charge in [0.15, 0.2) is 0 Å². The Morgan fingerprint density at radius 3 is 2.52 bits per heavy atom. The minimum absolute atomic E-state index is 0.426. The largest absolute Gasteiger partial charge is 0.0757 e. The highest BCUT2D eigenvalue weighted by Crippen LogP contribution is 2.39. The Morgan fingerprint density at radius 1 is 0.871 bits per heavy atom. The molecule has 0 spiro atoms. The van der Waals surface area contributed by atoms with E-state index in [0.717, 1.165) is 18.8 Å². The van der Waals surface area contributed by atoms with Gasteiger partial charge >= 0.3 is 0 Å². The molecule has 3 aromatic carbocycles. The standard InChI is InChI=1S/C31H34/c1-21-16-25(20-28(17-21)26-10-4-5-11-26)18-24-9-7-12-27(19-24)23(3)30-15-14-29-22(2)8-6-13-31(29)30/h6-9,12-13,15-17,19-20,23,26H,4-5,10-11,14,18H2,1-3H3. The monoisotopic (exact) mass is 406 g/mol. The van der Waals surface area contributed by atoms with Crippen molar-refractivity contribution in [2.75, 3.05) is 0 Å². The second-order valence-corrected chi connectivity index (χ2v) is 9.84. The summed E-state index contributed by atoms with van der Waals surface area (Å²) in [5.41, 5.74) is 13.2. The average Bonchev–Trinajstić information content (AvgIpc) is 3.44. The van der Waals surface area contributed by atoms with E-state index in [-0.39, 0.29) is 0 Å². The van der Waals surface area contributed by atoms with Crippen LogP contribution in [-0.4, -0.2) is 0 Å². The maximum Gasteiger partial charge on any atom is 0.00640 e.